The molecule has 10 heteroatoms. The summed E-state index contributed by atoms with van der Waals surface area (Å²) in [6.45, 7) is 6.85. The van der Waals surface area contributed by atoms with Crippen LogP contribution in [0.15, 0.2) is 0 Å². The maximum Gasteiger partial charge on any atom is 0.408 e. The molecule has 2 aliphatic heterocycles. The van der Waals surface area contributed by atoms with Crippen molar-refractivity contribution < 1.29 is 33.4 Å². The second-order valence-corrected chi connectivity index (χ2v) is 8.33. The average molecular weight is 427 g/mol. The van der Waals surface area contributed by atoms with E-state index < -0.39 is 29.7 Å². The first-order valence-corrected chi connectivity index (χ1v) is 10.5. The van der Waals surface area contributed by atoms with Crippen LogP contribution < -0.4 is 16.0 Å². The van der Waals surface area contributed by atoms with Gasteiger partial charge in [0.25, 0.3) is 0 Å². The van der Waals surface area contributed by atoms with Gasteiger partial charge in [-0.05, 0) is 31.6 Å². The second kappa shape index (κ2) is 11.3. The third kappa shape index (κ3) is 6.94. The maximum atomic E-state index is 12.8. The highest BCUT2D eigenvalue weighted by atomic mass is 16.7. The number of nitrogens with one attached hydrogen (secondary N) is 3. The van der Waals surface area contributed by atoms with Gasteiger partial charge in [0.2, 0.25) is 11.8 Å². The van der Waals surface area contributed by atoms with Gasteiger partial charge in [0.1, 0.15) is 19.1 Å². The quantitative estimate of drug-likeness (QED) is 0.432. The highest BCUT2D eigenvalue weighted by Gasteiger charge is 2.37. The molecule has 2 saturated heterocycles. The van der Waals surface area contributed by atoms with Crippen LogP contribution in [0, 0.1) is 11.8 Å². The normalized spacial score (nSPS) is 22.7. The van der Waals surface area contributed by atoms with Crippen molar-refractivity contribution in [3.05, 3.63) is 0 Å². The molecule has 2 heterocycles. The van der Waals surface area contributed by atoms with Crippen LogP contribution >= 0.6 is 0 Å². The largest absolute Gasteiger partial charge is 0.438 e. The molecule has 2 aliphatic rings. The van der Waals surface area contributed by atoms with E-state index in [1.165, 1.54) is 0 Å². The van der Waals surface area contributed by atoms with Gasteiger partial charge in [0.05, 0.1) is 19.3 Å². The van der Waals surface area contributed by atoms with Crippen molar-refractivity contribution in [2.45, 2.75) is 64.1 Å². The zero-order chi connectivity index (χ0) is 22.1. The molecule has 0 saturated carbocycles. The van der Waals surface area contributed by atoms with Crippen LogP contribution in [-0.4, -0.2) is 68.4 Å². The number of alkyl carbamates (subject to hydrolysis) is 1. The van der Waals surface area contributed by atoms with E-state index in [-0.39, 0.29) is 44.2 Å². The Labute approximate surface area is 176 Å². The summed E-state index contributed by atoms with van der Waals surface area (Å²) in [7, 11) is 0. The second-order valence-electron chi connectivity index (χ2n) is 8.33. The van der Waals surface area contributed by atoms with Crippen LogP contribution in [0.3, 0.4) is 0 Å². The first kappa shape index (κ1) is 24.1. The van der Waals surface area contributed by atoms with Gasteiger partial charge >= 0.3 is 6.09 Å². The number of carbonyl (C=O) groups is 4. The van der Waals surface area contributed by atoms with E-state index in [1.54, 1.807) is 0 Å². The van der Waals surface area contributed by atoms with Crippen molar-refractivity contribution in [3.63, 3.8) is 0 Å². The lowest BCUT2D eigenvalue weighted by Gasteiger charge is -2.35. The average Bonchev–Trinajstić information content (AvgIpc) is 3.11. The fourth-order valence-corrected chi connectivity index (χ4v) is 3.57. The molecule has 0 aromatic rings. The standard InChI is InChI=1S/C20H33N3O7/c1-4-20(10-28-12-29-11-20)30-19(27)23-16(7-13(2)3)18(26)22-15(9-24)8-14-5-6-21-17(14)25/h9,13-16H,4-8,10-12H2,1-3H3,(H,21,25)(H,22,26)(H,23,27). The summed E-state index contributed by atoms with van der Waals surface area (Å²) in [5.74, 6) is -0.799. The number of hydrogen-bond acceptors (Lipinski definition) is 7. The van der Waals surface area contributed by atoms with E-state index in [1.807, 2.05) is 20.8 Å². The zero-order valence-electron chi connectivity index (χ0n) is 17.9. The minimum atomic E-state index is -0.900. The van der Waals surface area contributed by atoms with Crippen molar-refractivity contribution in [1.82, 2.24) is 16.0 Å². The van der Waals surface area contributed by atoms with Gasteiger partial charge in [-0.25, -0.2) is 4.79 Å². The Hall–Kier alpha value is -2.20. The Kier molecular flexibility index (Phi) is 9.04. The predicted octanol–water partition coefficient (Wildman–Crippen LogP) is 0.490. The van der Waals surface area contributed by atoms with Gasteiger partial charge in [-0.1, -0.05) is 20.8 Å². The van der Waals surface area contributed by atoms with Crippen LogP contribution in [0.25, 0.3) is 0 Å². The molecular weight excluding hydrogens is 394 g/mol. The molecule has 2 fully saturated rings. The molecule has 0 spiro atoms. The van der Waals surface area contributed by atoms with E-state index in [4.69, 9.17) is 14.2 Å². The molecule has 3 N–H and O–H groups in total. The molecule has 2 rings (SSSR count). The lowest BCUT2D eigenvalue weighted by molar-refractivity contribution is -0.200. The highest BCUT2D eigenvalue weighted by molar-refractivity contribution is 5.88. The molecule has 3 atom stereocenters. The van der Waals surface area contributed by atoms with Gasteiger partial charge in [0.15, 0.2) is 5.60 Å². The molecule has 30 heavy (non-hydrogen) atoms. The smallest absolute Gasteiger partial charge is 0.408 e. The Morgan fingerprint density at radius 2 is 2.00 bits per heavy atom. The molecule has 10 nitrogen and oxygen atoms in total. The lowest BCUT2D eigenvalue weighted by Crippen LogP contribution is -2.54. The van der Waals surface area contributed by atoms with E-state index in [9.17, 15) is 19.2 Å². The summed E-state index contributed by atoms with van der Waals surface area (Å²) < 4.78 is 16.1. The van der Waals surface area contributed by atoms with Crippen LogP contribution in [0.5, 0.6) is 0 Å². The number of rotatable bonds is 10. The summed E-state index contributed by atoms with van der Waals surface area (Å²) in [6.07, 6.45) is 1.60. The number of carbonyl (C=O) groups excluding carboxylic acids is 4. The molecule has 3 unspecified atom stereocenters. The van der Waals surface area contributed by atoms with Crippen LogP contribution in [-0.2, 0) is 28.6 Å². The Morgan fingerprint density at radius 3 is 2.53 bits per heavy atom. The lowest BCUT2D eigenvalue weighted by atomic mass is 9.98. The van der Waals surface area contributed by atoms with Crippen molar-refractivity contribution in [1.29, 1.82) is 0 Å². The van der Waals surface area contributed by atoms with Gasteiger partial charge in [-0.2, -0.15) is 0 Å². The molecule has 3 amide bonds. The molecule has 170 valence electrons. The minimum Gasteiger partial charge on any atom is -0.438 e. The van der Waals surface area contributed by atoms with Crippen molar-refractivity contribution in [3.8, 4) is 0 Å². The fraction of sp³-hybridized carbons (Fsp3) is 0.800. The van der Waals surface area contributed by atoms with E-state index in [0.29, 0.717) is 32.1 Å². The minimum absolute atomic E-state index is 0.109. The first-order valence-electron chi connectivity index (χ1n) is 10.5. The molecule has 0 aliphatic carbocycles. The summed E-state index contributed by atoms with van der Waals surface area (Å²) in [4.78, 5) is 48.5. The summed E-state index contributed by atoms with van der Waals surface area (Å²) >= 11 is 0. The van der Waals surface area contributed by atoms with E-state index >= 15 is 0 Å². The van der Waals surface area contributed by atoms with E-state index in [0.717, 1.165) is 0 Å². The third-order valence-corrected chi connectivity index (χ3v) is 5.36. The zero-order valence-corrected chi connectivity index (χ0v) is 17.9. The van der Waals surface area contributed by atoms with Crippen LogP contribution in [0.1, 0.15) is 46.5 Å². The SMILES string of the molecule is CCC1(OC(=O)NC(CC(C)C)C(=O)NC(C=O)CC2CCNC2=O)COCOC1. The number of aldehydes is 1. The predicted molar refractivity (Wildman–Crippen MR) is 106 cm³/mol. The van der Waals surface area contributed by atoms with Crippen molar-refractivity contribution in [2.24, 2.45) is 11.8 Å². The topological polar surface area (TPSA) is 132 Å². The monoisotopic (exact) mass is 427 g/mol. The summed E-state index contributed by atoms with van der Waals surface area (Å²) in [5.41, 5.74) is -0.900. The van der Waals surface area contributed by atoms with E-state index in [2.05, 4.69) is 16.0 Å². The first-order chi connectivity index (χ1) is 14.3. The molecular formula is C20H33N3O7. The summed E-state index contributed by atoms with van der Waals surface area (Å²) in [6, 6.07) is -1.68. The number of hydrogen-bond donors (Lipinski definition) is 3. The number of amides is 3. The van der Waals surface area contributed by atoms with Gasteiger partial charge in [-0.15, -0.1) is 0 Å². The number of ether oxygens (including phenoxy) is 3. The summed E-state index contributed by atoms with van der Waals surface area (Å²) in [5, 5.41) is 7.97. The van der Waals surface area contributed by atoms with Crippen LogP contribution in [0.4, 0.5) is 4.79 Å². The molecule has 0 aromatic heterocycles. The molecule has 0 bridgehead atoms. The molecule has 0 radical (unpaired) electrons. The van der Waals surface area contributed by atoms with Gasteiger partial charge in [0, 0.05) is 12.5 Å². The van der Waals surface area contributed by atoms with Gasteiger partial charge in [-0.3, -0.25) is 9.59 Å². The third-order valence-electron chi connectivity index (χ3n) is 5.36. The Bertz CT molecular complexity index is 620. The van der Waals surface area contributed by atoms with Gasteiger partial charge < -0.3 is 35.0 Å². The Morgan fingerprint density at radius 1 is 1.30 bits per heavy atom. The van der Waals surface area contributed by atoms with Crippen molar-refractivity contribution >= 4 is 24.2 Å². The molecule has 0 aromatic carbocycles. The van der Waals surface area contributed by atoms with Crippen molar-refractivity contribution in [2.75, 3.05) is 26.6 Å². The fourth-order valence-electron chi connectivity index (χ4n) is 3.57. The maximum absolute atomic E-state index is 12.8. The highest BCUT2D eigenvalue weighted by Crippen LogP contribution is 2.21. The Balaban J connectivity index is 1.97. The van der Waals surface area contributed by atoms with Crippen LogP contribution in [0.2, 0.25) is 0 Å².